The molecule has 0 saturated heterocycles. The summed E-state index contributed by atoms with van der Waals surface area (Å²) in [5.41, 5.74) is 1.04. The fraction of sp³-hybridized carbons (Fsp3) is 0.417. The van der Waals surface area contributed by atoms with Gasteiger partial charge in [-0.1, -0.05) is 25.4 Å². The highest BCUT2D eigenvalue weighted by molar-refractivity contribution is 7.09. The third kappa shape index (κ3) is 3.13. The summed E-state index contributed by atoms with van der Waals surface area (Å²) in [5, 5.41) is 12.4. The Morgan fingerprint density at radius 2 is 2.16 bits per heavy atom. The fourth-order valence-corrected chi connectivity index (χ4v) is 2.63. The monoisotopic (exact) mass is 298 g/mol. The van der Waals surface area contributed by atoms with Gasteiger partial charge in [-0.15, -0.1) is 11.3 Å². The van der Waals surface area contributed by atoms with Crippen LogP contribution >= 0.6 is 22.9 Å². The molecule has 0 saturated carbocycles. The lowest BCUT2D eigenvalue weighted by Gasteiger charge is -2.13. The van der Waals surface area contributed by atoms with Gasteiger partial charge in [-0.2, -0.15) is 5.10 Å². The highest BCUT2D eigenvalue weighted by atomic mass is 35.5. The Hall–Kier alpha value is -1.40. The van der Waals surface area contributed by atoms with Gasteiger partial charge in [0.2, 0.25) is 0 Å². The van der Waals surface area contributed by atoms with Gasteiger partial charge < -0.3 is 5.32 Å². The van der Waals surface area contributed by atoms with Crippen molar-refractivity contribution in [2.24, 2.45) is 0 Å². The first-order chi connectivity index (χ1) is 8.99. The van der Waals surface area contributed by atoms with Crippen molar-refractivity contribution in [3.05, 3.63) is 37.7 Å². The van der Waals surface area contributed by atoms with E-state index in [-0.39, 0.29) is 11.1 Å². The molecule has 102 valence electrons. The van der Waals surface area contributed by atoms with Gasteiger partial charge in [-0.05, 0) is 6.92 Å². The number of hydrogen-bond acceptors (Lipinski definition) is 5. The minimum Gasteiger partial charge on any atom is -0.374 e. The molecular weight excluding hydrogens is 284 g/mol. The maximum atomic E-state index is 11.3. The number of nitrogens with one attached hydrogen (secondary N) is 2. The van der Waals surface area contributed by atoms with Gasteiger partial charge in [0.1, 0.15) is 5.02 Å². The van der Waals surface area contributed by atoms with Gasteiger partial charge in [0.15, 0.2) is 0 Å². The van der Waals surface area contributed by atoms with Crippen molar-refractivity contribution >= 4 is 28.6 Å². The first-order valence-electron chi connectivity index (χ1n) is 5.94. The number of H-pyrrole nitrogens is 1. The summed E-state index contributed by atoms with van der Waals surface area (Å²) in [5.74, 6) is 0.413. The van der Waals surface area contributed by atoms with E-state index in [1.165, 1.54) is 6.20 Å². The van der Waals surface area contributed by atoms with E-state index in [2.05, 4.69) is 34.3 Å². The van der Waals surface area contributed by atoms with Crippen molar-refractivity contribution in [2.75, 3.05) is 5.32 Å². The highest BCUT2D eigenvalue weighted by Gasteiger charge is 2.14. The predicted molar refractivity (Wildman–Crippen MR) is 78.1 cm³/mol. The molecule has 2 aromatic rings. The number of anilines is 1. The molecule has 5 nitrogen and oxygen atoms in total. The van der Waals surface area contributed by atoms with E-state index in [0.717, 1.165) is 10.7 Å². The molecule has 0 aliphatic heterocycles. The van der Waals surface area contributed by atoms with Gasteiger partial charge >= 0.3 is 0 Å². The molecule has 2 N–H and O–H groups in total. The van der Waals surface area contributed by atoms with Crippen LogP contribution in [0.3, 0.4) is 0 Å². The SMILES string of the molecule is CC(C)c1nc(C(C)Nc2cn[nH]c(=O)c2Cl)cs1. The molecular formula is C12H15ClN4OS. The molecule has 1 atom stereocenters. The highest BCUT2D eigenvalue weighted by Crippen LogP contribution is 2.26. The van der Waals surface area contributed by atoms with Gasteiger partial charge in [0.25, 0.3) is 5.56 Å². The molecule has 0 spiro atoms. The van der Waals surface area contributed by atoms with E-state index in [0.29, 0.717) is 11.6 Å². The zero-order valence-corrected chi connectivity index (χ0v) is 12.5. The lowest BCUT2D eigenvalue weighted by molar-refractivity contribution is 0.799. The van der Waals surface area contributed by atoms with Crippen LogP contribution < -0.4 is 10.9 Å². The van der Waals surface area contributed by atoms with Gasteiger partial charge in [-0.3, -0.25) is 4.79 Å². The van der Waals surface area contributed by atoms with Crippen LogP contribution in [0.1, 0.15) is 43.4 Å². The van der Waals surface area contributed by atoms with Crippen molar-refractivity contribution in [1.29, 1.82) is 0 Å². The van der Waals surface area contributed by atoms with Crippen molar-refractivity contribution in [3.8, 4) is 0 Å². The summed E-state index contributed by atoms with van der Waals surface area (Å²) in [7, 11) is 0. The number of hydrogen-bond donors (Lipinski definition) is 2. The number of rotatable bonds is 4. The first-order valence-corrected chi connectivity index (χ1v) is 7.19. The molecule has 0 radical (unpaired) electrons. The van der Waals surface area contributed by atoms with Crippen LogP contribution in [0.2, 0.25) is 5.02 Å². The second kappa shape index (κ2) is 5.71. The maximum absolute atomic E-state index is 11.3. The minimum atomic E-state index is -0.403. The Morgan fingerprint density at radius 3 is 2.79 bits per heavy atom. The molecule has 0 bridgehead atoms. The molecule has 2 rings (SSSR count). The smallest absolute Gasteiger partial charge is 0.285 e. The lowest BCUT2D eigenvalue weighted by Crippen LogP contribution is -2.14. The van der Waals surface area contributed by atoms with E-state index in [1.807, 2.05) is 12.3 Å². The maximum Gasteiger partial charge on any atom is 0.285 e. The van der Waals surface area contributed by atoms with Crippen LogP contribution in [0.4, 0.5) is 5.69 Å². The average Bonchev–Trinajstić information content (AvgIpc) is 2.84. The van der Waals surface area contributed by atoms with E-state index < -0.39 is 5.56 Å². The van der Waals surface area contributed by atoms with Gasteiger partial charge in [0.05, 0.1) is 28.6 Å². The topological polar surface area (TPSA) is 70.7 Å². The number of nitrogens with zero attached hydrogens (tertiary/aromatic N) is 2. The Morgan fingerprint density at radius 1 is 1.42 bits per heavy atom. The number of thiazole rings is 1. The van der Waals surface area contributed by atoms with Crippen molar-refractivity contribution in [1.82, 2.24) is 15.2 Å². The van der Waals surface area contributed by atoms with Crippen LogP contribution in [0, 0.1) is 0 Å². The number of aromatic nitrogens is 3. The Kier molecular flexibility index (Phi) is 4.21. The summed E-state index contributed by atoms with van der Waals surface area (Å²) in [4.78, 5) is 15.9. The molecule has 0 aromatic carbocycles. The zero-order chi connectivity index (χ0) is 14.0. The number of halogens is 1. The summed E-state index contributed by atoms with van der Waals surface area (Å²) >= 11 is 7.55. The van der Waals surface area contributed by atoms with Crippen LogP contribution in [-0.4, -0.2) is 15.2 Å². The van der Waals surface area contributed by atoms with Gasteiger partial charge in [-0.25, -0.2) is 10.1 Å². The average molecular weight is 299 g/mol. The second-order valence-electron chi connectivity index (χ2n) is 4.56. The molecule has 2 aromatic heterocycles. The quantitative estimate of drug-likeness (QED) is 0.909. The molecule has 0 aliphatic rings. The Balaban J connectivity index is 2.18. The zero-order valence-electron chi connectivity index (χ0n) is 10.9. The molecule has 1 unspecified atom stereocenters. The lowest BCUT2D eigenvalue weighted by atomic mass is 10.2. The third-order valence-corrected chi connectivity index (χ3v) is 4.18. The standard InChI is InChI=1S/C12H15ClN4OS/c1-6(2)12-16-9(5-19-12)7(3)15-8-4-14-17-11(18)10(8)13/h4-7H,1-3H3,(H2,15,17,18). The summed E-state index contributed by atoms with van der Waals surface area (Å²) in [6, 6.07) is -0.0372. The third-order valence-electron chi connectivity index (χ3n) is 2.64. The first kappa shape index (κ1) is 14.0. The van der Waals surface area contributed by atoms with Crippen molar-refractivity contribution < 1.29 is 0 Å². The molecule has 7 heteroatoms. The second-order valence-corrected chi connectivity index (χ2v) is 5.83. The molecule has 19 heavy (non-hydrogen) atoms. The van der Waals surface area contributed by atoms with Gasteiger partial charge in [0, 0.05) is 11.3 Å². The summed E-state index contributed by atoms with van der Waals surface area (Å²) in [6.45, 7) is 6.19. The molecule has 0 amide bonds. The van der Waals surface area contributed by atoms with Crippen molar-refractivity contribution in [3.63, 3.8) is 0 Å². The van der Waals surface area contributed by atoms with Crippen LogP contribution in [-0.2, 0) is 0 Å². The van der Waals surface area contributed by atoms with E-state index in [9.17, 15) is 4.79 Å². The molecule has 2 heterocycles. The van der Waals surface area contributed by atoms with E-state index in [4.69, 9.17) is 11.6 Å². The Bertz CT molecular complexity index is 622. The summed E-state index contributed by atoms with van der Waals surface area (Å²) < 4.78 is 0. The molecule has 0 aliphatic carbocycles. The molecule has 0 fully saturated rings. The summed E-state index contributed by atoms with van der Waals surface area (Å²) in [6.07, 6.45) is 1.50. The predicted octanol–water partition coefficient (Wildman–Crippen LogP) is 3.18. The van der Waals surface area contributed by atoms with E-state index in [1.54, 1.807) is 11.3 Å². The Labute approximate surface area is 120 Å². The normalized spacial score (nSPS) is 12.7. The largest absolute Gasteiger partial charge is 0.374 e. The van der Waals surface area contributed by atoms with Crippen LogP contribution in [0.5, 0.6) is 0 Å². The number of aromatic amines is 1. The minimum absolute atomic E-state index is 0.0372. The fourth-order valence-electron chi connectivity index (χ4n) is 1.56. The van der Waals surface area contributed by atoms with Crippen LogP contribution in [0.25, 0.3) is 0 Å². The van der Waals surface area contributed by atoms with Crippen LogP contribution in [0.15, 0.2) is 16.4 Å². The van der Waals surface area contributed by atoms with E-state index >= 15 is 0 Å². The van der Waals surface area contributed by atoms with Crippen molar-refractivity contribution in [2.45, 2.75) is 32.7 Å².